The molecule has 0 atom stereocenters. The van der Waals surface area contributed by atoms with Gasteiger partial charge in [-0.1, -0.05) is 283 Å². The Morgan fingerprint density at radius 3 is 0.926 bits per heavy atom. The first-order valence-electron chi connectivity index (χ1n) is 33.7. The van der Waals surface area contributed by atoms with E-state index in [9.17, 15) is 0 Å². The van der Waals surface area contributed by atoms with Crippen molar-refractivity contribution in [3.8, 4) is 44.9 Å². The van der Waals surface area contributed by atoms with Crippen molar-refractivity contribution in [3.63, 3.8) is 0 Å². The van der Waals surface area contributed by atoms with E-state index in [-0.39, 0.29) is 21.7 Å². The molecule has 3 heteroatoms. The van der Waals surface area contributed by atoms with Gasteiger partial charge in [0.1, 0.15) is 11.5 Å². The first-order chi connectivity index (χ1) is 45.1. The summed E-state index contributed by atoms with van der Waals surface area (Å²) in [5, 5.41) is 0. The normalized spacial score (nSPS) is 15.3. The molecule has 0 fully saturated rings. The maximum absolute atomic E-state index is 7.22. The number of hydrogen-bond donors (Lipinski definition) is 0. The summed E-state index contributed by atoms with van der Waals surface area (Å²) >= 11 is 1.93. The molecule has 17 rings (SSSR count). The van der Waals surface area contributed by atoms with Gasteiger partial charge in [0.2, 0.25) is 0 Å². The summed E-state index contributed by atoms with van der Waals surface area (Å²) in [4.78, 5) is 5.22. The smallest absolute Gasteiger partial charge is 0.132 e. The lowest BCUT2D eigenvalue weighted by atomic mass is 9.64. The van der Waals surface area contributed by atoms with Crippen LogP contribution in [0.4, 0.5) is 17.1 Å². The predicted molar refractivity (Wildman–Crippen MR) is 392 cm³/mol. The number of fused-ring (bicyclic) bond motifs is 21. The average molecular weight is 1230 g/mol. The summed E-state index contributed by atoms with van der Waals surface area (Å²) < 4.78 is 7.22. The average Bonchev–Trinajstić information content (AvgIpc) is 1.47. The van der Waals surface area contributed by atoms with Crippen LogP contribution in [0.5, 0.6) is 11.5 Å². The number of rotatable bonds is 5. The fraction of sp³-hybridized carbons (Fsp3) is 0.209. The van der Waals surface area contributed by atoms with Gasteiger partial charge in [-0.3, -0.25) is 0 Å². The Morgan fingerprint density at radius 2 is 0.553 bits per heavy atom. The molecule has 2 aliphatic heterocycles. The second-order valence-corrected chi connectivity index (χ2v) is 32.3. The zero-order chi connectivity index (χ0) is 64.6. The zero-order valence-corrected chi connectivity index (χ0v) is 56.9. The fourth-order valence-electron chi connectivity index (χ4n) is 17.0. The van der Waals surface area contributed by atoms with Gasteiger partial charge in [-0.05, 0) is 206 Å². The van der Waals surface area contributed by atoms with Gasteiger partial charge in [-0.25, -0.2) is 0 Å². The Kier molecular flexibility index (Phi) is 12.6. The van der Waals surface area contributed by atoms with E-state index in [1.165, 1.54) is 132 Å². The van der Waals surface area contributed by atoms with Gasteiger partial charge in [0.15, 0.2) is 0 Å². The van der Waals surface area contributed by atoms with Crippen LogP contribution in [-0.2, 0) is 37.9 Å². The summed E-state index contributed by atoms with van der Waals surface area (Å²) in [5.41, 5.74) is 28.8. The van der Waals surface area contributed by atoms with Crippen LogP contribution in [0.1, 0.15) is 172 Å². The van der Waals surface area contributed by atoms with Crippen molar-refractivity contribution in [1.82, 2.24) is 0 Å². The summed E-state index contributed by atoms with van der Waals surface area (Å²) in [6.45, 7) is 28.1. The van der Waals surface area contributed by atoms with Crippen molar-refractivity contribution >= 4 is 28.8 Å². The molecule has 0 bridgehead atoms. The van der Waals surface area contributed by atoms with Crippen LogP contribution < -0.4 is 9.64 Å². The molecule has 0 unspecified atom stereocenters. The molecule has 12 aromatic rings. The molecule has 2 heterocycles. The van der Waals surface area contributed by atoms with Crippen LogP contribution in [0.15, 0.2) is 271 Å². The SMILES string of the molecule is CC(C)(C)c1ccc2c(c1)C1(c3cc(C(C)(C)C)ccc3O2)c2ccccc2-c2ccc(N(c3ccc4c(c3)C(c3ccccc3)(c3ccccc3)c3ccccc3-4)c3ccc4c(c3)C3(c5cc(C(C)(C)C)ccc5Sc5ccc(C(C)(C)C)cc53)c3ccccc3-4)cc21. The summed E-state index contributed by atoms with van der Waals surface area (Å²) in [7, 11) is 0. The van der Waals surface area contributed by atoms with Gasteiger partial charge in [-0.2, -0.15) is 0 Å². The molecule has 94 heavy (non-hydrogen) atoms. The number of benzene rings is 12. The second-order valence-electron chi connectivity index (χ2n) is 31.2. The van der Waals surface area contributed by atoms with Crippen molar-refractivity contribution in [2.75, 3.05) is 4.90 Å². The third-order valence-electron chi connectivity index (χ3n) is 21.7. The molecule has 460 valence electrons. The van der Waals surface area contributed by atoms with E-state index in [1.807, 2.05) is 11.8 Å². The van der Waals surface area contributed by atoms with E-state index in [0.717, 1.165) is 28.6 Å². The molecule has 0 N–H and O–H groups in total. The minimum Gasteiger partial charge on any atom is -0.457 e. The topological polar surface area (TPSA) is 12.5 Å². The van der Waals surface area contributed by atoms with E-state index in [1.54, 1.807) is 0 Å². The Bertz CT molecular complexity index is 4740. The molecule has 3 aliphatic carbocycles. The van der Waals surface area contributed by atoms with Gasteiger partial charge in [0.05, 0.1) is 16.2 Å². The van der Waals surface area contributed by atoms with Crippen molar-refractivity contribution in [2.45, 2.75) is 131 Å². The highest BCUT2D eigenvalue weighted by Crippen LogP contribution is 2.67. The van der Waals surface area contributed by atoms with Crippen molar-refractivity contribution < 1.29 is 4.74 Å². The Balaban J connectivity index is 0.995. The van der Waals surface area contributed by atoms with E-state index in [0.29, 0.717) is 0 Å². The Labute approximate surface area is 560 Å². The van der Waals surface area contributed by atoms with E-state index in [2.05, 4.69) is 349 Å². The molecule has 0 amide bonds. The van der Waals surface area contributed by atoms with Gasteiger partial charge < -0.3 is 9.64 Å². The summed E-state index contributed by atoms with van der Waals surface area (Å²) in [6, 6.07) is 101. The quantitative estimate of drug-likeness (QED) is 0.170. The lowest BCUT2D eigenvalue weighted by molar-refractivity contribution is 0.433. The standard InChI is InChI=1S/C91H79NOS/c1-85(2,3)58-35-45-81-77(49-58)90(78-50-59(86(4,5)6)36-46-82(78)93-81)72-33-23-20-30-66(72)69-43-40-63(54-75(69)90)92(62-39-42-68-65-29-19-22-32-71(65)89(74(68)53-62,56-25-15-13-16-26-56)57-27-17-14-18-28-57)64-41-44-70-67-31-21-24-34-73(67)91(76(70)55-64)79-51-60(87(7,8)9)37-47-83(79)94-84-48-38-61(52-80(84)91)88(10,11)12/h13-55H,1-12H3. The minimum absolute atomic E-state index is 0.0886. The Morgan fingerprint density at radius 1 is 0.255 bits per heavy atom. The largest absolute Gasteiger partial charge is 0.457 e. The lowest BCUT2D eigenvalue weighted by Gasteiger charge is -2.42. The predicted octanol–water partition coefficient (Wildman–Crippen LogP) is 24.0. The van der Waals surface area contributed by atoms with Crippen LogP contribution in [0, 0.1) is 0 Å². The molecule has 2 nitrogen and oxygen atoms in total. The molecule has 2 spiro atoms. The second kappa shape index (κ2) is 20.3. The highest BCUT2D eigenvalue weighted by atomic mass is 32.2. The minimum atomic E-state index is -0.749. The van der Waals surface area contributed by atoms with Crippen LogP contribution in [0.25, 0.3) is 33.4 Å². The van der Waals surface area contributed by atoms with Crippen LogP contribution in [0.2, 0.25) is 0 Å². The molecular weight excluding hydrogens is 1160 g/mol. The lowest BCUT2D eigenvalue weighted by Crippen LogP contribution is -2.33. The maximum Gasteiger partial charge on any atom is 0.132 e. The van der Waals surface area contributed by atoms with Gasteiger partial charge in [0, 0.05) is 38.0 Å². The molecule has 0 saturated heterocycles. The number of ether oxygens (including phenoxy) is 1. The monoisotopic (exact) mass is 1230 g/mol. The molecule has 0 radical (unpaired) electrons. The first-order valence-corrected chi connectivity index (χ1v) is 34.5. The summed E-state index contributed by atoms with van der Waals surface area (Å²) in [5.74, 6) is 1.79. The fourth-order valence-corrected chi connectivity index (χ4v) is 18.2. The molecule has 12 aromatic carbocycles. The van der Waals surface area contributed by atoms with E-state index in [4.69, 9.17) is 4.74 Å². The molecular formula is C91H79NOS. The highest BCUT2D eigenvalue weighted by Gasteiger charge is 2.54. The van der Waals surface area contributed by atoms with Gasteiger partial charge >= 0.3 is 0 Å². The summed E-state index contributed by atoms with van der Waals surface area (Å²) in [6.07, 6.45) is 0. The number of nitrogens with zero attached hydrogens (tertiary/aromatic N) is 1. The highest BCUT2D eigenvalue weighted by molar-refractivity contribution is 7.99. The van der Waals surface area contributed by atoms with Gasteiger partial charge in [-0.15, -0.1) is 0 Å². The van der Waals surface area contributed by atoms with E-state index >= 15 is 0 Å². The third-order valence-corrected chi connectivity index (χ3v) is 22.9. The zero-order valence-electron chi connectivity index (χ0n) is 56.1. The van der Waals surface area contributed by atoms with Crippen LogP contribution >= 0.6 is 11.8 Å². The van der Waals surface area contributed by atoms with Crippen molar-refractivity contribution in [2.24, 2.45) is 0 Å². The molecule has 0 aromatic heterocycles. The third kappa shape index (κ3) is 8.22. The molecule has 0 saturated carbocycles. The Hall–Kier alpha value is -9.41. The number of anilines is 3. The first kappa shape index (κ1) is 58.4. The van der Waals surface area contributed by atoms with E-state index < -0.39 is 16.2 Å². The van der Waals surface area contributed by atoms with Crippen LogP contribution in [-0.4, -0.2) is 0 Å². The molecule has 5 aliphatic rings. The number of hydrogen-bond acceptors (Lipinski definition) is 3. The maximum atomic E-state index is 7.22. The van der Waals surface area contributed by atoms with Gasteiger partial charge in [0.25, 0.3) is 0 Å². The van der Waals surface area contributed by atoms with Crippen molar-refractivity contribution in [3.05, 3.63) is 350 Å². The van der Waals surface area contributed by atoms with Crippen LogP contribution in [0.3, 0.4) is 0 Å². The van der Waals surface area contributed by atoms with Crippen molar-refractivity contribution in [1.29, 1.82) is 0 Å².